The molecule has 1 N–H and O–H groups in total. The summed E-state index contributed by atoms with van der Waals surface area (Å²) >= 11 is 1.84. The van der Waals surface area contributed by atoms with Crippen molar-refractivity contribution in [2.24, 2.45) is 10.9 Å². The molecular formula is C19H32N4O2S. The zero-order chi connectivity index (χ0) is 18.0. The van der Waals surface area contributed by atoms with Gasteiger partial charge in [-0.05, 0) is 24.3 Å². The van der Waals surface area contributed by atoms with E-state index >= 15 is 0 Å². The van der Waals surface area contributed by atoms with Crippen molar-refractivity contribution in [2.45, 2.75) is 19.4 Å². The van der Waals surface area contributed by atoms with E-state index < -0.39 is 0 Å². The molecule has 1 unspecified atom stereocenters. The Morgan fingerprint density at radius 2 is 2.27 bits per heavy atom. The molecule has 2 aliphatic rings. The standard InChI is InChI=1S/C19H32N4O2S/c1-20-19(21-6-3-11-24-15-17-5-12-25-16-17)23-9-7-22(8-10-23)14-18-4-2-13-26-18/h2,4,13,17H,3,5-12,14-16H2,1H3,(H,20,21). The third kappa shape index (κ3) is 6.23. The first-order valence-electron chi connectivity index (χ1n) is 9.71. The molecule has 0 saturated carbocycles. The highest BCUT2D eigenvalue weighted by Gasteiger charge is 2.19. The molecule has 146 valence electrons. The van der Waals surface area contributed by atoms with Crippen molar-refractivity contribution < 1.29 is 9.47 Å². The number of guanidine groups is 1. The molecule has 1 atom stereocenters. The van der Waals surface area contributed by atoms with Crippen LogP contribution in [0.2, 0.25) is 0 Å². The Hall–Kier alpha value is -1.15. The lowest BCUT2D eigenvalue weighted by molar-refractivity contribution is 0.0886. The molecule has 1 aromatic heterocycles. The first kappa shape index (κ1) is 19.6. The molecule has 7 heteroatoms. The van der Waals surface area contributed by atoms with E-state index in [9.17, 15) is 0 Å². The summed E-state index contributed by atoms with van der Waals surface area (Å²) in [7, 11) is 1.87. The molecule has 2 aliphatic heterocycles. The van der Waals surface area contributed by atoms with Crippen LogP contribution in [0.1, 0.15) is 17.7 Å². The normalized spacial score (nSPS) is 22.1. The highest BCUT2D eigenvalue weighted by Crippen LogP contribution is 2.14. The van der Waals surface area contributed by atoms with E-state index in [4.69, 9.17) is 9.47 Å². The quantitative estimate of drug-likeness (QED) is 0.424. The molecule has 2 saturated heterocycles. The van der Waals surface area contributed by atoms with Crippen LogP contribution in [-0.2, 0) is 16.0 Å². The largest absolute Gasteiger partial charge is 0.381 e. The second-order valence-electron chi connectivity index (χ2n) is 6.97. The van der Waals surface area contributed by atoms with E-state index in [1.165, 1.54) is 4.88 Å². The van der Waals surface area contributed by atoms with Crippen molar-refractivity contribution >= 4 is 17.3 Å². The van der Waals surface area contributed by atoms with Gasteiger partial charge in [0.25, 0.3) is 0 Å². The Labute approximate surface area is 161 Å². The number of ether oxygens (including phenoxy) is 2. The van der Waals surface area contributed by atoms with Crippen LogP contribution < -0.4 is 5.32 Å². The van der Waals surface area contributed by atoms with Crippen LogP contribution in [0.4, 0.5) is 0 Å². The second-order valence-corrected chi connectivity index (χ2v) is 8.01. The maximum Gasteiger partial charge on any atom is 0.193 e. The maximum absolute atomic E-state index is 5.76. The minimum absolute atomic E-state index is 0.598. The van der Waals surface area contributed by atoms with E-state index in [1.807, 2.05) is 18.4 Å². The van der Waals surface area contributed by atoms with Gasteiger partial charge in [-0.15, -0.1) is 11.3 Å². The van der Waals surface area contributed by atoms with Crippen LogP contribution in [0.3, 0.4) is 0 Å². The molecule has 3 rings (SSSR count). The summed E-state index contributed by atoms with van der Waals surface area (Å²) in [5.41, 5.74) is 0. The fraction of sp³-hybridized carbons (Fsp3) is 0.737. The highest BCUT2D eigenvalue weighted by molar-refractivity contribution is 7.09. The Morgan fingerprint density at radius 1 is 1.38 bits per heavy atom. The van der Waals surface area contributed by atoms with E-state index in [0.29, 0.717) is 5.92 Å². The average molecular weight is 381 g/mol. The van der Waals surface area contributed by atoms with Crippen LogP contribution in [0, 0.1) is 5.92 Å². The highest BCUT2D eigenvalue weighted by atomic mass is 32.1. The fourth-order valence-corrected chi connectivity index (χ4v) is 4.16. The first-order chi connectivity index (χ1) is 12.8. The minimum atomic E-state index is 0.598. The van der Waals surface area contributed by atoms with Gasteiger partial charge in [0.15, 0.2) is 5.96 Å². The number of aliphatic imine (C=N–C) groups is 1. The van der Waals surface area contributed by atoms with Crippen LogP contribution in [0.25, 0.3) is 0 Å². The summed E-state index contributed by atoms with van der Waals surface area (Å²) in [5.74, 6) is 1.62. The molecule has 0 radical (unpaired) electrons. The molecule has 1 aromatic rings. The molecule has 0 bridgehead atoms. The van der Waals surface area contributed by atoms with E-state index in [2.05, 4.69) is 37.6 Å². The number of hydrogen-bond acceptors (Lipinski definition) is 5. The molecule has 2 fully saturated rings. The van der Waals surface area contributed by atoms with Gasteiger partial charge in [0.1, 0.15) is 0 Å². The number of nitrogens with one attached hydrogen (secondary N) is 1. The van der Waals surface area contributed by atoms with Crippen molar-refractivity contribution in [1.82, 2.24) is 15.1 Å². The smallest absolute Gasteiger partial charge is 0.193 e. The third-order valence-electron chi connectivity index (χ3n) is 4.97. The summed E-state index contributed by atoms with van der Waals surface area (Å²) in [4.78, 5) is 10.8. The third-order valence-corrected chi connectivity index (χ3v) is 5.83. The predicted molar refractivity (Wildman–Crippen MR) is 107 cm³/mol. The molecule has 0 spiro atoms. The number of hydrogen-bond donors (Lipinski definition) is 1. The van der Waals surface area contributed by atoms with Gasteiger partial charge in [0.05, 0.1) is 13.2 Å². The summed E-state index contributed by atoms with van der Waals surface area (Å²) in [6.45, 7) is 9.61. The Bertz CT molecular complexity index is 524. The molecule has 0 amide bonds. The zero-order valence-electron chi connectivity index (χ0n) is 15.9. The van der Waals surface area contributed by atoms with Gasteiger partial charge in [-0.2, -0.15) is 0 Å². The van der Waals surface area contributed by atoms with Gasteiger partial charge >= 0.3 is 0 Å². The molecule has 0 aromatic carbocycles. The second kappa shape index (κ2) is 10.9. The fourth-order valence-electron chi connectivity index (χ4n) is 3.41. The van der Waals surface area contributed by atoms with Crippen molar-refractivity contribution in [3.63, 3.8) is 0 Å². The number of thiophene rings is 1. The average Bonchev–Trinajstić information content (AvgIpc) is 3.36. The summed E-state index contributed by atoms with van der Waals surface area (Å²) in [6.07, 6.45) is 2.15. The lowest BCUT2D eigenvalue weighted by Gasteiger charge is -2.36. The van der Waals surface area contributed by atoms with E-state index in [-0.39, 0.29) is 0 Å². The van der Waals surface area contributed by atoms with Gasteiger partial charge in [0.2, 0.25) is 0 Å². The zero-order valence-corrected chi connectivity index (χ0v) is 16.7. The molecular weight excluding hydrogens is 348 g/mol. The summed E-state index contributed by atoms with van der Waals surface area (Å²) < 4.78 is 11.1. The van der Waals surface area contributed by atoms with Crippen molar-refractivity contribution in [3.8, 4) is 0 Å². The van der Waals surface area contributed by atoms with Crippen LogP contribution >= 0.6 is 11.3 Å². The van der Waals surface area contributed by atoms with Crippen molar-refractivity contribution in [3.05, 3.63) is 22.4 Å². The Balaban J connectivity index is 1.27. The molecule has 3 heterocycles. The molecule has 26 heavy (non-hydrogen) atoms. The first-order valence-corrected chi connectivity index (χ1v) is 10.6. The van der Waals surface area contributed by atoms with E-state index in [1.54, 1.807) is 0 Å². The number of piperazine rings is 1. The van der Waals surface area contributed by atoms with Gasteiger partial charge in [-0.1, -0.05) is 6.07 Å². The number of nitrogens with zero attached hydrogens (tertiary/aromatic N) is 3. The molecule has 0 aliphatic carbocycles. The van der Waals surface area contributed by atoms with Crippen LogP contribution in [0.15, 0.2) is 22.5 Å². The lowest BCUT2D eigenvalue weighted by atomic mass is 10.1. The topological polar surface area (TPSA) is 49.3 Å². The van der Waals surface area contributed by atoms with Gasteiger partial charge in [-0.3, -0.25) is 9.89 Å². The van der Waals surface area contributed by atoms with Crippen molar-refractivity contribution in [1.29, 1.82) is 0 Å². The summed E-state index contributed by atoms with van der Waals surface area (Å²) in [5, 5.41) is 5.64. The number of rotatable bonds is 8. The maximum atomic E-state index is 5.76. The minimum Gasteiger partial charge on any atom is -0.381 e. The van der Waals surface area contributed by atoms with Gasteiger partial charge in [-0.25, -0.2) is 0 Å². The van der Waals surface area contributed by atoms with Gasteiger partial charge < -0.3 is 19.7 Å². The van der Waals surface area contributed by atoms with E-state index in [0.717, 1.165) is 84.5 Å². The van der Waals surface area contributed by atoms with Crippen LogP contribution in [-0.4, -0.2) is 82.0 Å². The SMILES string of the molecule is CN=C(NCCCOCC1CCOC1)N1CCN(Cc2cccs2)CC1. The van der Waals surface area contributed by atoms with Gasteiger partial charge in [0, 0.05) is 70.3 Å². The summed E-state index contributed by atoms with van der Waals surface area (Å²) in [6, 6.07) is 4.35. The molecule has 6 nitrogen and oxygen atoms in total. The monoisotopic (exact) mass is 380 g/mol. The Kier molecular flexibility index (Phi) is 8.20. The predicted octanol–water partition coefficient (Wildman–Crippen LogP) is 1.88. The van der Waals surface area contributed by atoms with Crippen LogP contribution in [0.5, 0.6) is 0 Å². The lowest BCUT2D eigenvalue weighted by Crippen LogP contribution is -2.52. The van der Waals surface area contributed by atoms with Crippen molar-refractivity contribution in [2.75, 3.05) is 66.2 Å². The Morgan fingerprint density at radius 3 is 2.96 bits per heavy atom.